The van der Waals surface area contributed by atoms with Gasteiger partial charge in [0.1, 0.15) is 17.7 Å². The second-order valence-corrected chi connectivity index (χ2v) is 7.19. The first-order valence-electron chi connectivity index (χ1n) is 9.01. The molecule has 5 heteroatoms. The molecule has 1 unspecified atom stereocenters. The quantitative estimate of drug-likeness (QED) is 0.697. The van der Waals surface area contributed by atoms with E-state index < -0.39 is 0 Å². The molecule has 3 aromatic rings. The number of rotatable bonds is 3. The van der Waals surface area contributed by atoms with Gasteiger partial charge in [0.25, 0.3) is 5.91 Å². The van der Waals surface area contributed by atoms with Crippen LogP contribution >= 0.6 is 0 Å². The third kappa shape index (κ3) is 3.37. The number of amides is 1. The largest absolute Gasteiger partial charge is 0.490 e. The number of fused-ring (bicyclic) bond motifs is 2. The van der Waals surface area contributed by atoms with Gasteiger partial charge in [-0.15, -0.1) is 0 Å². The molecular formula is C22H21FN2O2. The van der Waals surface area contributed by atoms with Crippen LogP contribution in [0.4, 0.5) is 4.39 Å². The highest BCUT2D eigenvalue weighted by Crippen LogP contribution is 2.30. The first-order chi connectivity index (χ1) is 12.9. The molecule has 0 saturated carbocycles. The number of nitrogens with zero attached hydrogens (tertiary/aromatic N) is 2. The van der Waals surface area contributed by atoms with Gasteiger partial charge in [0.15, 0.2) is 0 Å². The number of pyridine rings is 1. The van der Waals surface area contributed by atoms with Crippen molar-refractivity contribution in [1.82, 2.24) is 9.88 Å². The highest BCUT2D eigenvalue weighted by Gasteiger charge is 2.21. The maximum atomic E-state index is 13.5. The summed E-state index contributed by atoms with van der Waals surface area (Å²) >= 11 is 0. The standard InChI is InChI=1S/C22H21FN2O2/c1-13-8-17-9-15(4-7-21(17)27-13)12-25(3)22(26)19-11-16-10-18(23)5-6-20(16)24-14(19)2/h4-7,9-11,13H,8,12H2,1-3H3. The number of aromatic nitrogens is 1. The summed E-state index contributed by atoms with van der Waals surface area (Å²) in [5.74, 6) is 0.461. The summed E-state index contributed by atoms with van der Waals surface area (Å²) in [5.41, 5.74) is 4.05. The Kier molecular flexibility index (Phi) is 4.30. The van der Waals surface area contributed by atoms with Crippen molar-refractivity contribution in [3.05, 3.63) is 70.7 Å². The summed E-state index contributed by atoms with van der Waals surface area (Å²) in [6.45, 7) is 4.34. The van der Waals surface area contributed by atoms with E-state index in [-0.39, 0.29) is 17.8 Å². The molecule has 1 amide bonds. The second-order valence-electron chi connectivity index (χ2n) is 7.19. The fraction of sp³-hybridized carbons (Fsp3) is 0.273. The molecule has 4 rings (SSSR count). The van der Waals surface area contributed by atoms with Crippen molar-refractivity contribution in [3.63, 3.8) is 0 Å². The molecular weight excluding hydrogens is 343 g/mol. The number of aryl methyl sites for hydroxylation is 1. The van der Waals surface area contributed by atoms with Gasteiger partial charge in [-0.05, 0) is 55.3 Å². The molecule has 1 aliphatic heterocycles. The van der Waals surface area contributed by atoms with E-state index in [0.717, 1.165) is 17.7 Å². The molecule has 0 radical (unpaired) electrons. The normalized spacial score (nSPS) is 15.5. The number of ether oxygens (including phenoxy) is 1. The van der Waals surface area contributed by atoms with Crippen LogP contribution in [0.15, 0.2) is 42.5 Å². The Balaban J connectivity index is 1.58. The van der Waals surface area contributed by atoms with Crippen LogP contribution in [0.25, 0.3) is 10.9 Å². The smallest absolute Gasteiger partial charge is 0.255 e. The zero-order valence-corrected chi connectivity index (χ0v) is 15.6. The van der Waals surface area contributed by atoms with E-state index >= 15 is 0 Å². The van der Waals surface area contributed by atoms with Crippen LogP contribution in [0.5, 0.6) is 5.75 Å². The predicted molar refractivity (Wildman–Crippen MR) is 102 cm³/mol. The lowest BCUT2D eigenvalue weighted by Crippen LogP contribution is -2.27. The Hall–Kier alpha value is -2.95. The van der Waals surface area contributed by atoms with Crippen molar-refractivity contribution >= 4 is 16.8 Å². The van der Waals surface area contributed by atoms with Gasteiger partial charge in [-0.1, -0.05) is 12.1 Å². The van der Waals surface area contributed by atoms with Gasteiger partial charge in [-0.3, -0.25) is 9.78 Å². The average molecular weight is 364 g/mol. The third-order valence-electron chi connectivity index (χ3n) is 4.92. The SMILES string of the molecule is Cc1nc2ccc(F)cc2cc1C(=O)N(C)Cc1ccc2c(c1)CC(C)O2. The van der Waals surface area contributed by atoms with Gasteiger partial charge < -0.3 is 9.64 Å². The number of carbonyl (C=O) groups excluding carboxylic acids is 1. The summed E-state index contributed by atoms with van der Waals surface area (Å²) in [4.78, 5) is 19.1. The van der Waals surface area contributed by atoms with Gasteiger partial charge in [0.05, 0.1) is 16.8 Å². The molecule has 0 bridgehead atoms. The fourth-order valence-electron chi connectivity index (χ4n) is 3.59. The minimum Gasteiger partial charge on any atom is -0.490 e. The minimum absolute atomic E-state index is 0.128. The molecule has 1 atom stereocenters. The molecule has 0 fully saturated rings. The molecule has 1 aliphatic rings. The molecule has 2 heterocycles. The Morgan fingerprint density at radius 3 is 2.89 bits per heavy atom. The summed E-state index contributed by atoms with van der Waals surface area (Å²) in [5, 5.41) is 0.626. The highest BCUT2D eigenvalue weighted by atomic mass is 19.1. The van der Waals surface area contributed by atoms with Crippen LogP contribution in [-0.2, 0) is 13.0 Å². The molecule has 4 nitrogen and oxygen atoms in total. The molecule has 27 heavy (non-hydrogen) atoms. The summed E-state index contributed by atoms with van der Waals surface area (Å²) in [6, 6.07) is 12.2. The van der Waals surface area contributed by atoms with Gasteiger partial charge in [0.2, 0.25) is 0 Å². The Morgan fingerprint density at radius 1 is 1.26 bits per heavy atom. The van der Waals surface area contributed by atoms with Gasteiger partial charge in [0, 0.05) is 25.4 Å². The van der Waals surface area contributed by atoms with E-state index in [9.17, 15) is 9.18 Å². The molecule has 1 aromatic heterocycles. The molecule has 2 aromatic carbocycles. The van der Waals surface area contributed by atoms with Gasteiger partial charge >= 0.3 is 0 Å². The van der Waals surface area contributed by atoms with E-state index in [1.807, 2.05) is 19.1 Å². The number of hydrogen-bond donors (Lipinski definition) is 0. The average Bonchev–Trinajstić information content (AvgIpc) is 3.00. The fourth-order valence-corrected chi connectivity index (χ4v) is 3.59. The summed E-state index contributed by atoms with van der Waals surface area (Å²) < 4.78 is 19.2. The number of halogens is 1. The van der Waals surface area contributed by atoms with Crippen LogP contribution < -0.4 is 4.74 Å². The minimum atomic E-state index is -0.338. The van der Waals surface area contributed by atoms with Crippen LogP contribution in [0.3, 0.4) is 0 Å². The molecule has 0 aliphatic carbocycles. The predicted octanol–water partition coefficient (Wildman–Crippen LogP) is 4.28. The topological polar surface area (TPSA) is 42.4 Å². The number of benzene rings is 2. The summed E-state index contributed by atoms with van der Waals surface area (Å²) in [7, 11) is 1.77. The lowest BCUT2D eigenvalue weighted by atomic mass is 10.1. The van der Waals surface area contributed by atoms with Crippen LogP contribution in [0.1, 0.15) is 34.1 Å². The first-order valence-corrected chi connectivity index (χ1v) is 9.01. The molecule has 0 spiro atoms. The van der Waals surface area contributed by atoms with Crippen molar-refractivity contribution in [2.45, 2.75) is 32.9 Å². The zero-order chi connectivity index (χ0) is 19.1. The number of hydrogen-bond acceptors (Lipinski definition) is 3. The highest BCUT2D eigenvalue weighted by molar-refractivity contribution is 5.98. The van der Waals surface area contributed by atoms with E-state index in [1.165, 1.54) is 17.7 Å². The number of carbonyl (C=O) groups is 1. The lowest BCUT2D eigenvalue weighted by molar-refractivity contribution is 0.0784. The maximum Gasteiger partial charge on any atom is 0.255 e. The van der Waals surface area contributed by atoms with Crippen LogP contribution in [-0.4, -0.2) is 28.9 Å². The second kappa shape index (κ2) is 6.65. The first kappa shape index (κ1) is 17.5. The van der Waals surface area contributed by atoms with E-state index in [0.29, 0.717) is 28.7 Å². The van der Waals surface area contributed by atoms with Crippen molar-refractivity contribution in [2.24, 2.45) is 0 Å². The maximum absolute atomic E-state index is 13.5. The third-order valence-corrected chi connectivity index (χ3v) is 4.92. The van der Waals surface area contributed by atoms with Crippen molar-refractivity contribution < 1.29 is 13.9 Å². The van der Waals surface area contributed by atoms with E-state index in [1.54, 1.807) is 31.0 Å². The van der Waals surface area contributed by atoms with Crippen LogP contribution in [0, 0.1) is 12.7 Å². The van der Waals surface area contributed by atoms with Gasteiger partial charge in [-0.25, -0.2) is 4.39 Å². The zero-order valence-electron chi connectivity index (χ0n) is 15.6. The Morgan fingerprint density at radius 2 is 2.07 bits per heavy atom. The lowest BCUT2D eigenvalue weighted by Gasteiger charge is -2.19. The molecule has 0 N–H and O–H groups in total. The van der Waals surface area contributed by atoms with Crippen molar-refractivity contribution in [2.75, 3.05) is 7.05 Å². The molecule has 0 saturated heterocycles. The van der Waals surface area contributed by atoms with Gasteiger partial charge in [-0.2, -0.15) is 0 Å². The molecule has 138 valence electrons. The van der Waals surface area contributed by atoms with Crippen LogP contribution in [0.2, 0.25) is 0 Å². The van der Waals surface area contributed by atoms with E-state index in [4.69, 9.17) is 4.74 Å². The van der Waals surface area contributed by atoms with E-state index in [2.05, 4.69) is 11.1 Å². The van der Waals surface area contributed by atoms with Crippen molar-refractivity contribution in [3.8, 4) is 5.75 Å². The Bertz CT molecular complexity index is 1050. The monoisotopic (exact) mass is 364 g/mol. The van der Waals surface area contributed by atoms with Crippen molar-refractivity contribution in [1.29, 1.82) is 0 Å². The summed E-state index contributed by atoms with van der Waals surface area (Å²) in [6.07, 6.45) is 1.08. The Labute approximate surface area is 157 Å².